The van der Waals surface area contributed by atoms with Crippen LogP contribution in [0.2, 0.25) is 0 Å². The molecule has 90 valence electrons. The van der Waals surface area contributed by atoms with Gasteiger partial charge in [0.1, 0.15) is 5.66 Å². The molecule has 0 spiro atoms. The van der Waals surface area contributed by atoms with Crippen LogP contribution in [0, 0.1) is 5.92 Å². The van der Waals surface area contributed by atoms with Crippen LogP contribution in [0.1, 0.15) is 33.6 Å². The number of nitrogens with one attached hydrogen (secondary N) is 1. The average molecular weight is 240 g/mol. The van der Waals surface area contributed by atoms with Crippen molar-refractivity contribution >= 4 is 5.78 Å². The fraction of sp³-hybridized carbons (Fsp3) is 0.900. The van der Waals surface area contributed by atoms with Crippen LogP contribution < -0.4 is 45.9 Å². The van der Waals surface area contributed by atoms with E-state index in [4.69, 9.17) is 5.73 Å². The van der Waals surface area contributed by atoms with E-state index in [-0.39, 0.29) is 47.9 Å². The number of rotatable bonds is 8. The van der Waals surface area contributed by atoms with Gasteiger partial charge in [0.2, 0.25) is 0 Å². The molecule has 6 heteroatoms. The van der Waals surface area contributed by atoms with Gasteiger partial charge in [-0.2, -0.15) is 0 Å². The summed E-state index contributed by atoms with van der Waals surface area (Å²) in [4.78, 5) is 15.5. The third-order valence-electron chi connectivity index (χ3n) is 2.34. The summed E-state index contributed by atoms with van der Waals surface area (Å²) in [5.41, 5.74) is 4.82. The van der Waals surface area contributed by atoms with Gasteiger partial charge in [-0.1, -0.05) is 13.8 Å². The Morgan fingerprint density at radius 1 is 1.62 bits per heavy atom. The molecule has 0 aliphatic rings. The van der Waals surface area contributed by atoms with E-state index in [0.717, 1.165) is 6.42 Å². The molecule has 0 aromatic rings. The first-order valence-electron chi connectivity index (χ1n) is 5.28. The molecule has 0 aliphatic heterocycles. The molecule has 0 fully saturated rings. The molecule has 2 unspecified atom stereocenters. The van der Waals surface area contributed by atoms with Crippen LogP contribution >= 0.6 is 0 Å². The second-order valence-electron chi connectivity index (χ2n) is 4.01. The molecule has 3 N–H and O–H groups in total. The van der Waals surface area contributed by atoms with Gasteiger partial charge < -0.3 is 15.9 Å². The summed E-state index contributed by atoms with van der Waals surface area (Å²) in [5.74, 6) is -0.355. The summed E-state index contributed by atoms with van der Waals surface area (Å²) in [6, 6.07) is 0. The Morgan fingerprint density at radius 2 is 2.19 bits per heavy atom. The molecular formula is C10H21N2NaO3. The maximum atomic E-state index is 11.8. The number of carbonyl (C=O) groups excluding carboxylic acids is 1. The first-order chi connectivity index (χ1) is 6.95. The number of carbonyl (C=O) groups is 1. The van der Waals surface area contributed by atoms with Gasteiger partial charge in [-0.15, -0.1) is 0 Å². The zero-order chi connectivity index (χ0) is 11.9. The fourth-order valence-corrected chi connectivity index (χ4v) is 1.34. The van der Waals surface area contributed by atoms with E-state index in [1.54, 1.807) is 13.8 Å². The maximum Gasteiger partial charge on any atom is 1.00 e. The standard InChI is InChI=1S/C10H22N2O3.Na/c1-4-6-12-10(3,11)9(13)8(2)5-7-15-14;/h8,12,14H,4-7,11H2,1-3H3;/q;+1/p-1. The van der Waals surface area contributed by atoms with Crippen molar-refractivity contribution in [3.63, 3.8) is 0 Å². The van der Waals surface area contributed by atoms with Crippen LogP contribution in [0.5, 0.6) is 0 Å². The van der Waals surface area contributed by atoms with Crippen molar-refractivity contribution in [1.82, 2.24) is 5.32 Å². The third-order valence-corrected chi connectivity index (χ3v) is 2.34. The zero-order valence-electron chi connectivity index (χ0n) is 10.7. The number of Topliss-reactive ketones (excluding diaryl/α,β-unsaturated/α-hetero) is 1. The topological polar surface area (TPSA) is 87.4 Å². The Hall–Kier alpha value is 0.510. The summed E-state index contributed by atoms with van der Waals surface area (Å²) in [5, 5.41) is 12.8. The van der Waals surface area contributed by atoms with Crippen molar-refractivity contribution in [3.8, 4) is 0 Å². The first kappa shape index (κ1) is 18.9. The molecule has 0 aromatic heterocycles. The number of hydrogen-bond acceptors (Lipinski definition) is 5. The Balaban J connectivity index is 0. The molecule has 0 radical (unpaired) electrons. The minimum atomic E-state index is -1.02. The monoisotopic (exact) mass is 240 g/mol. The SMILES string of the molecule is CCCNC(C)(N)C(=O)C(C)CCO[O-].[Na+]. The summed E-state index contributed by atoms with van der Waals surface area (Å²) >= 11 is 0. The van der Waals surface area contributed by atoms with Crippen LogP contribution in [0.15, 0.2) is 0 Å². The van der Waals surface area contributed by atoms with Gasteiger partial charge in [-0.25, -0.2) is 0 Å². The van der Waals surface area contributed by atoms with E-state index in [2.05, 4.69) is 10.2 Å². The van der Waals surface area contributed by atoms with E-state index >= 15 is 0 Å². The Kier molecular flexibility index (Phi) is 11.2. The minimum absolute atomic E-state index is 0. The quantitative estimate of drug-likeness (QED) is 0.199. The summed E-state index contributed by atoms with van der Waals surface area (Å²) in [6.07, 6.45) is 1.32. The summed E-state index contributed by atoms with van der Waals surface area (Å²) in [6.45, 7) is 6.14. The van der Waals surface area contributed by atoms with E-state index in [1.807, 2.05) is 6.92 Å². The van der Waals surface area contributed by atoms with Crippen LogP contribution in [0.25, 0.3) is 0 Å². The third kappa shape index (κ3) is 6.96. The van der Waals surface area contributed by atoms with E-state index in [0.29, 0.717) is 13.0 Å². The summed E-state index contributed by atoms with van der Waals surface area (Å²) in [7, 11) is 0. The molecule has 0 bridgehead atoms. The molecule has 5 nitrogen and oxygen atoms in total. The molecule has 16 heavy (non-hydrogen) atoms. The van der Waals surface area contributed by atoms with Gasteiger partial charge >= 0.3 is 29.6 Å². The van der Waals surface area contributed by atoms with Gasteiger partial charge in [0.05, 0.1) is 0 Å². The van der Waals surface area contributed by atoms with Gasteiger partial charge in [0.25, 0.3) is 0 Å². The molecule has 0 rings (SSSR count). The van der Waals surface area contributed by atoms with Crippen molar-refractivity contribution in [2.45, 2.75) is 39.3 Å². The number of nitrogens with two attached hydrogens (primary N) is 1. The van der Waals surface area contributed by atoms with Crippen LogP contribution in [0.3, 0.4) is 0 Å². The predicted molar refractivity (Wildman–Crippen MR) is 55.6 cm³/mol. The summed E-state index contributed by atoms with van der Waals surface area (Å²) < 4.78 is 0. The number of ketones is 1. The molecule has 0 amide bonds. The van der Waals surface area contributed by atoms with E-state index in [1.165, 1.54) is 0 Å². The fourth-order valence-electron chi connectivity index (χ4n) is 1.34. The molecule has 0 saturated heterocycles. The minimum Gasteiger partial charge on any atom is -0.723 e. The Bertz CT molecular complexity index is 201. The maximum absolute atomic E-state index is 11.8. The van der Waals surface area contributed by atoms with Gasteiger partial charge in [0.15, 0.2) is 5.78 Å². The smallest absolute Gasteiger partial charge is 0.723 e. The second-order valence-corrected chi connectivity index (χ2v) is 4.01. The molecule has 0 saturated carbocycles. The van der Waals surface area contributed by atoms with E-state index in [9.17, 15) is 10.1 Å². The average Bonchev–Trinajstić information content (AvgIpc) is 2.21. The van der Waals surface area contributed by atoms with Crippen molar-refractivity contribution in [3.05, 3.63) is 0 Å². The Labute approximate surface area is 119 Å². The van der Waals surface area contributed by atoms with Crippen LogP contribution in [-0.2, 0) is 9.68 Å². The largest absolute Gasteiger partial charge is 1.00 e. The number of hydrogen-bond donors (Lipinski definition) is 2. The van der Waals surface area contributed by atoms with Crippen LogP contribution in [0.4, 0.5) is 0 Å². The van der Waals surface area contributed by atoms with E-state index < -0.39 is 5.66 Å². The van der Waals surface area contributed by atoms with Crippen molar-refractivity contribution in [1.29, 1.82) is 0 Å². The normalized spacial score (nSPS) is 16.1. The van der Waals surface area contributed by atoms with Crippen molar-refractivity contribution in [2.75, 3.05) is 13.2 Å². The van der Waals surface area contributed by atoms with Gasteiger partial charge in [-0.05, 0) is 26.3 Å². The van der Waals surface area contributed by atoms with Crippen LogP contribution in [-0.4, -0.2) is 24.6 Å². The second kappa shape index (κ2) is 9.53. The van der Waals surface area contributed by atoms with Crippen molar-refractivity contribution < 1.29 is 44.5 Å². The van der Waals surface area contributed by atoms with Crippen molar-refractivity contribution in [2.24, 2.45) is 11.7 Å². The molecule has 0 aromatic carbocycles. The molecule has 0 aliphatic carbocycles. The molecule has 0 heterocycles. The Morgan fingerprint density at radius 3 is 2.62 bits per heavy atom. The zero-order valence-corrected chi connectivity index (χ0v) is 12.7. The molecular weight excluding hydrogens is 219 g/mol. The van der Waals surface area contributed by atoms with Gasteiger partial charge in [-0.3, -0.25) is 10.1 Å². The molecule has 2 atom stereocenters. The predicted octanol–water partition coefficient (Wildman–Crippen LogP) is -3.45. The first-order valence-corrected chi connectivity index (χ1v) is 5.28. The van der Waals surface area contributed by atoms with Gasteiger partial charge in [0, 0.05) is 12.5 Å².